The van der Waals surface area contributed by atoms with Crippen molar-refractivity contribution in [2.45, 2.75) is 6.92 Å². The summed E-state index contributed by atoms with van der Waals surface area (Å²) in [5.41, 5.74) is 0. The molecule has 0 rings (SSSR count). The lowest BCUT2D eigenvalue weighted by molar-refractivity contribution is 0.585. The van der Waals surface area contributed by atoms with E-state index in [1.54, 1.807) is 6.66 Å². The summed E-state index contributed by atoms with van der Waals surface area (Å²) in [6.07, 6.45) is 0.715. The van der Waals surface area contributed by atoms with E-state index < -0.39 is 7.14 Å². The summed E-state index contributed by atoms with van der Waals surface area (Å²) in [5, 5.41) is 0. The molecule has 0 aliphatic rings. The normalized spacial score (nSPS) is 11.8. The van der Waals surface area contributed by atoms with Gasteiger partial charge in [-0.1, -0.05) is 6.92 Å². The molecule has 0 heterocycles. The Morgan fingerprint density at radius 2 is 2.00 bits per heavy atom. The minimum Gasteiger partial charge on any atom is -0.324 e. The van der Waals surface area contributed by atoms with Gasteiger partial charge in [0.2, 0.25) is 0 Å². The highest BCUT2D eigenvalue weighted by Crippen LogP contribution is 2.36. The Bertz CT molecular complexity index is 71.6. The molecule has 0 aromatic heterocycles. The molecule has 1 radical (unpaired) electrons. The monoisotopic (exact) mass is 105 g/mol. The van der Waals surface area contributed by atoms with E-state index in [1.807, 2.05) is 6.92 Å². The van der Waals surface area contributed by atoms with E-state index in [9.17, 15) is 4.57 Å². The molecule has 0 amide bonds. The topological polar surface area (TPSA) is 17.1 Å². The first-order valence-corrected chi connectivity index (χ1v) is 4.49. The van der Waals surface area contributed by atoms with Crippen molar-refractivity contribution in [3.8, 4) is 0 Å². The minimum absolute atomic E-state index is 0.715. The molecule has 37 valence electrons. The predicted molar refractivity (Wildman–Crippen MR) is 29.4 cm³/mol. The second-order valence-corrected chi connectivity index (χ2v) is 4.84. The lowest BCUT2D eigenvalue weighted by Crippen LogP contribution is -1.71. The van der Waals surface area contributed by atoms with E-state index in [1.165, 1.54) is 0 Å². The Balaban J connectivity index is 3.48. The maximum atomic E-state index is 10.5. The first-order chi connectivity index (χ1) is 2.56. The van der Waals surface area contributed by atoms with Crippen LogP contribution >= 0.6 is 7.14 Å². The third-order valence-electron chi connectivity index (χ3n) is 0.669. The van der Waals surface area contributed by atoms with E-state index >= 15 is 0 Å². The van der Waals surface area contributed by atoms with Crippen molar-refractivity contribution in [3.63, 3.8) is 0 Å². The zero-order chi connectivity index (χ0) is 5.21. The van der Waals surface area contributed by atoms with Crippen molar-refractivity contribution in [1.29, 1.82) is 0 Å². The van der Waals surface area contributed by atoms with Gasteiger partial charge in [-0.3, -0.25) is 0 Å². The van der Waals surface area contributed by atoms with E-state index in [0.29, 0.717) is 6.16 Å². The maximum Gasteiger partial charge on any atom is 0.0850 e. The Morgan fingerprint density at radius 1 is 1.83 bits per heavy atom. The molecule has 0 fully saturated rings. The van der Waals surface area contributed by atoms with Gasteiger partial charge in [0.15, 0.2) is 0 Å². The largest absolute Gasteiger partial charge is 0.324 e. The van der Waals surface area contributed by atoms with Crippen LogP contribution in [0.5, 0.6) is 0 Å². The van der Waals surface area contributed by atoms with Crippen LogP contribution in [-0.4, -0.2) is 12.8 Å². The molecular weight excluding hydrogens is 95.0 g/mol. The van der Waals surface area contributed by atoms with E-state index in [4.69, 9.17) is 0 Å². The standard InChI is InChI=1S/C4H10OP/c1-4-6(2,3)5/h2,4H2,1,3H3. The van der Waals surface area contributed by atoms with Gasteiger partial charge in [-0.2, -0.15) is 0 Å². The Kier molecular flexibility index (Phi) is 1.86. The lowest BCUT2D eigenvalue weighted by Gasteiger charge is -1.95. The van der Waals surface area contributed by atoms with Gasteiger partial charge in [0, 0.05) is 6.66 Å². The van der Waals surface area contributed by atoms with Crippen LogP contribution in [0.2, 0.25) is 0 Å². The molecule has 0 saturated heterocycles. The molecule has 0 bridgehead atoms. The third-order valence-corrected chi connectivity index (χ3v) is 2.01. The van der Waals surface area contributed by atoms with Gasteiger partial charge in [-0.05, 0) is 12.8 Å². The van der Waals surface area contributed by atoms with Gasteiger partial charge in [0.05, 0.1) is 7.14 Å². The van der Waals surface area contributed by atoms with Crippen molar-refractivity contribution < 1.29 is 4.57 Å². The molecule has 0 aromatic carbocycles. The average Bonchev–Trinajstić information content (AvgIpc) is 1.35. The molecule has 2 heteroatoms. The van der Waals surface area contributed by atoms with Crippen molar-refractivity contribution in [1.82, 2.24) is 0 Å². The zero-order valence-electron chi connectivity index (χ0n) is 4.27. The zero-order valence-corrected chi connectivity index (χ0v) is 5.16. The van der Waals surface area contributed by atoms with Crippen molar-refractivity contribution >= 4 is 7.14 Å². The summed E-state index contributed by atoms with van der Waals surface area (Å²) in [4.78, 5) is 0. The fourth-order valence-electron chi connectivity index (χ4n) is 0. The summed E-state index contributed by atoms with van der Waals surface area (Å²) >= 11 is 0. The fourth-order valence-corrected chi connectivity index (χ4v) is 0. The number of hydrogen-bond donors (Lipinski definition) is 0. The average molecular weight is 105 g/mol. The SMILES string of the molecule is [CH2]P(C)(=O)CC. The van der Waals surface area contributed by atoms with Gasteiger partial charge in [-0.15, -0.1) is 0 Å². The summed E-state index contributed by atoms with van der Waals surface area (Å²) in [6, 6.07) is 0. The Hall–Kier alpha value is 0.230. The first kappa shape index (κ1) is 6.23. The van der Waals surface area contributed by atoms with Crippen LogP contribution in [0.3, 0.4) is 0 Å². The van der Waals surface area contributed by atoms with Crippen LogP contribution in [0, 0.1) is 6.66 Å². The number of hydrogen-bond acceptors (Lipinski definition) is 1. The molecule has 1 atom stereocenters. The van der Waals surface area contributed by atoms with E-state index in [2.05, 4.69) is 6.66 Å². The van der Waals surface area contributed by atoms with Gasteiger partial charge >= 0.3 is 0 Å². The molecule has 0 aliphatic carbocycles. The molecule has 0 saturated carbocycles. The first-order valence-electron chi connectivity index (χ1n) is 1.97. The smallest absolute Gasteiger partial charge is 0.0850 e. The highest BCUT2D eigenvalue weighted by atomic mass is 31.2. The lowest BCUT2D eigenvalue weighted by atomic mass is 11.0. The van der Waals surface area contributed by atoms with E-state index in [0.717, 1.165) is 0 Å². The highest BCUT2D eigenvalue weighted by molar-refractivity contribution is 7.64. The molecule has 0 spiro atoms. The molecule has 1 unspecified atom stereocenters. The van der Waals surface area contributed by atoms with Gasteiger partial charge in [-0.25, -0.2) is 0 Å². The molecule has 1 nitrogen and oxygen atoms in total. The van der Waals surface area contributed by atoms with Gasteiger partial charge in [0.25, 0.3) is 0 Å². The second kappa shape index (κ2) is 1.79. The van der Waals surface area contributed by atoms with Crippen LogP contribution in [0.4, 0.5) is 0 Å². The van der Waals surface area contributed by atoms with Gasteiger partial charge in [0.1, 0.15) is 0 Å². The molecule has 0 N–H and O–H groups in total. The number of rotatable bonds is 1. The third kappa shape index (κ3) is 4.23. The molecule has 6 heavy (non-hydrogen) atoms. The van der Waals surface area contributed by atoms with Crippen LogP contribution in [0.25, 0.3) is 0 Å². The molecular formula is C4H10OP. The minimum atomic E-state index is -1.90. The Labute approximate surface area is 39.1 Å². The fraction of sp³-hybridized carbons (Fsp3) is 0.750. The van der Waals surface area contributed by atoms with Crippen LogP contribution in [-0.2, 0) is 4.57 Å². The van der Waals surface area contributed by atoms with Crippen molar-refractivity contribution in [2.24, 2.45) is 0 Å². The van der Waals surface area contributed by atoms with Crippen molar-refractivity contribution in [2.75, 3.05) is 12.8 Å². The predicted octanol–water partition coefficient (Wildman–Crippen LogP) is 1.79. The highest BCUT2D eigenvalue weighted by Gasteiger charge is 1.98. The second-order valence-electron chi connectivity index (χ2n) is 1.61. The summed E-state index contributed by atoms with van der Waals surface area (Å²) in [6.45, 7) is 7.01. The summed E-state index contributed by atoms with van der Waals surface area (Å²) in [5.74, 6) is 0. The van der Waals surface area contributed by atoms with E-state index in [-0.39, 0.29) is 0 Å². The Morgan fingerprint density at radius 3 is 2.00 bits per heavy atom. The maximum absolute atomic E-state index is 10.5. The quantitative estimate of drug-likeness (QED) is 0.464. The van der Waals surface area contributed by atoms with Crippen molar-refractivity contribution in [3.05, 3.63) is 6.66 Å². The molecule has 0 aromatic rings. The van der Waals surface area contributed by atoms with Crippen LogP contribution < -0.4 is 0 Å². The summed E-state index contributed by atoms with van der Waals surface area (Å²) < 4.78 is 10.5. The molecule has 0 aliphatic heterocycles. The summed E-state index contributed by atoms with van der Waals surface area (Å²) in [7, 11) is -1.90. The van der Waals surface area contributed by atoms with Crippen LogP contribution in [0.15, 0.2) is 0 Å². The van der Waals surface area contributed by atoms with Crippen LogP contribution in [0.1, 0.15) is 6.92 Å². The van der Waals surface area contributed by atoms with Gasteiger partial charge < -0.3 is 4.57 Å².